The summed E-state index contributed by atoms with van der Waals surface area (Å²) in [5.41, 5.74) is 11.2. The van der Waals surface area contributed by atoms with Gasteiger partial charge in [-0.1, -0.05) is 103 Å². The molecular formula is C46H32N6. The van der Waals surface area contributed by atoms with Crippen LogP contribution in [0.1, 0.15) is 11.6 Å². The predicted molar refractivity (Wildman–Crippen MR) is 213 cm³/mol. The first kappa shape index (κ1) is 29.9. The summed E-state index contributed by atoms with van der Waals surface area (Å²) in [5.74, 6) is 1.65. The van der Waals surface area contributed by atoms with Crippen LogP contribution >= 0.6 is 0 Å². The zero-order valence-electron chi connectivity index (χ0n) is 28.2. The van der Waals surface area contributed by atoms with Crippen LogP contribution in [0.25, 0.3) is 72.3 Å². The first-order valence-electron chi connectivity index (χ1n) is 17.5. The standard InChI is InChI=1S/C46H32N6/c1-3-9-34(10-4-1)44-39-28-38-27-36(31-15-17-32(18-16-31)41-30-51-26-8-23-48-46(51)50-41)19-20-37(38)29-42(39)52(45(44)35-11-5-2-6-12-35)43-14-7-13-40(49-43)33-21-24-47-25-22-33/h1-29,41H,30H2. The van der Waals surface area contributed by atoms with Gasteiger partial charge in [0, 0.05) is 41.3 Å². The fourth-order valence-electron chi connectivity index (χ4n) is 7.53. The largest absolute Gasteiger partial charge is 0.315 e. The SMILES string of the molecule is C1=CN2CC(c3ccc(-c4ccc5cc6c(cc5c4)c(-c4ccccc4)c(-c4ccccc4)n6-c4cccc(-c5ccncc5)n4)cc3)N=C2N=C1. The van der Waals surface area contributed by atoms with E-state index in [0.717, 1.165) is 51.9 Å². The molecule has 1 unspecified atom stereocenters. The molecule has 0 saturated carbocycles. The maximum absolute atomic E-state index is 5.26. The highest BCUT2D eigenvalue weighted by atomic mass is 15.3. The number of allylic oxidation sites excluding steroid dienone is 1. The fourth-order valence-corrected chi connectivity index (χ4v) is 7.53. The van der Waals surface area contributed by atoms with Gasteiger partial charge in [-0.15, -0.1) is 0 Å². The van der Waals surface area contributed by atoms with Crippen molar-refractivity contribution in [2.45, 2.75) is 6.04 Å². The van der Waals surface area contributed by atoms with E-state index in [4.69, 9.17) is 9.98 Å². The van der Waals surface area contributed by atoms with Gasteiger partial charge in [0.2, 0.25) is 5.96 Å². The molecule has 0 N–H and O–H groups in total. The number of guanidine groups is 1. The Morgan fingerprint density at radius 3 is 2.15 bits per heavy atom. The summed E-state index contributed by atoms with van der Waals surface area (Å²) < 4.78 is 2.34. The Bertz CT molecular complexity index is 2690. The van der Waals surface area contributed by atoms with Crippen LogP contribution in [0.4, 0.5) is 0 Å². The molecule has 0 aliphatic carbocycles. The number of hydrogen-bond donors (Lipinski definition) is 0. The third-order valence-electron chi connectivity index (χ3n) is 10.0. The van der Waals surface area contributed by atoms with E-state index in [1.165, 1.54) is 38.4 Å². The first-order chi connectivity index (χ1) is 25.8. The van der Waals surface area contributed by atoms with E-state index < -0.39 is 0 Å². The second-order valence-corrected chi connectivity index (χ2v) is 13.2. The van der Waals surface area contributed by atoms with Gasteiger partial charge in [-0.25, -0.2) is 15.0 Å². The number of aliphatic imine (C=N–C) groups is 2. The monoisotopic (exact) mass is 668 g/mol. The van der Waals surface area contributed by atoms with Crippen molar-refractivity contribution in [3.8, 4) is 50.6 Å². The fraction of sp³-hybridized carbons (Fsp3) is 0.0435. The van der Waals surface area contributed by atoms with Crippen molar-refractivity contribution in [2.24, 2.45) is 9.98 Å². The molecule has 246 valence electrons. The number of nitrogens with zero attached hydrogens (tertiary/aromatic N) is 6. The summed E-state index contributed by atoms with van der Waals surface area (Å²) in [5, 5.41) is 3.53. The van der Waals surface area contributed by atoms with Crippen molar-refractivity contribution in [3.05, 3.63) is 176 Å². The Morgan fingerprint density at radius 2 is 1.37 bits per heavy atom. The molecule has 0 amide bonds. The molecule has 1 atom stereocenters. The highest BCUT2D eigenvalue weighted by Gasteiger charge is 2.26. The van der Waals surface area contributed by atoms with Gasteiger partial charge in [-0.2, -0.15) is 0 Å². The predicted octanol–water partition coefficient (Wildman–Crippen LogP) is 10.6. The lowest BCUT2D eigenvalue weighted by atomic mass is 9.95. The Balaban J connectivity index is 1.14. The highest BCUT2D eigenvalue weighted by Crippen LogP contribution is 2.44. The van der Waals surface area contributed by atoms with Gasteiger partial charge in [-0.3, -0.25) is 9.55 Å². The zero-order valence-corrected chi connectivity index (χ0v) is 28.2. The van der Waals surface area contributed by atoms with E-state index in [-0.39, 0.29) is 6.04 Å². The Kier molecular flexibility index (Phi) is 7.17. The van der Waals surface area contributed by atoms with E-state index in [1.807, 2.05) is 36.8 Å². The van der Waals surface area contributed by atoms with Crippen LogP contribution in [0.3, 0.4) is 0 Å². The normalized spacial score (nSPS) is 15.0. The van der Waals surface area contributed by atoms with Gasteiger partial charge >= 0.3 is 0 Å². The van der Waals surface area contributed by atoms with Gasteiger partial charge in [-0.05, 0) is 87.1 Å². The average Bonchev–Trinajstić information content (AvgIpc) is 3.80. The van der Waals surface area contributed by atoms with Crippen molar-refractivity contribution in [2.75, 3.05) is 6.54 Å². The van der Waals surface area contributed by atoms with Crippen molar-refractivity contribution in [1.82, 2.24) is 19.4 Å². The Hall–Kier alpha value is -6.92. The summed E-state index contributed by atoms with van der Waals surface area (Å²) in [6.45, 7) is 0.812. The van der Waals surface area contributed by atoms with E-state index in [2.05, 4.69) is 153 Å². The lowest BCUT2D eigenvalue weighted by Gasteiger charge is -2.15. The summed E-state index contributed by atoms with van der Waals surface area (Å²) in [4.78, 5) is 20.9. The molecule has 5 aromatic carbocycles. The molecule has 0 radical (unpaired) electrons. The number of hydrogen-bond acceptors (Lipinski definition) is 5. The molecule has 0 fully saturated rings. The van der Waals surface area contributed by atoms with Crippen LogP contribution in [0.15, 0.2) is 180 Å². The molecule has 0 bridgehead atoms. The van der Waals surface area contributed by atoms with Gasteiger partial charge in [0.05, 0.1) is 29.5 Å². The maximum atomic E-state index is 5.26. The van der Waals surface area contributed by atoms with E-state index in [9.17, 15) is 0 Å². The minimum atomic E-state index is 0.0768. The first-order valence-corrected chi connectivity index (χ1v) is 17.5. The molecule has 5 heterocycles. The third-order valence-corrected chi connectivity index (χ3v) is 10.0. The maximum Gasteiger partial charge on any atom is 0.225 e. The quantitative estimate of drug-likeness (QED) is 0.177. The minimum Gasteiger partial charge on any atom is -0.315 e. The zero-order chi connectivity index (χ0) is 34.4. The lowest BCUT2D eigenvalue weighted by Crippen LogP contribution is -2.22. The van der Waals surface area contributed by atoms with E-state index >= 15 is 0 Å². The molecule has 3 aromatic heterocycles. The average molecular weight is 669 g/mol. The van der Waals surface area contributed by atoms with Crippen molar-refractivity contribution in [3.63, 3.8) is 0 Å². The summed E-state index contributed by atoms with van der Waals surface area (Å²) in [6, 6.07) is 52.0. The van der Waals surface area contributed by atoms with E-state index in [0.29, 0.717) is 0 Å². The third kappa shape index (κ3) is 5.20. The van der Waals surface area contributed by atoms with Crippen LogP contribution in [0, 0.1) is 0 Å². The molecular weight excluding hydrogens is 637 g/mol. The van der Waals surface area contributed by atoms with Crippen LogP contribution in [0.2, 0.25) is 0 Å². The van der Waals surface area contributed by atoms with Crippen LogP contribution in [-0.2, 0) is 0 Å². The lowest BCUT2D eigenvalue weighted by molar-refractivity contribution is 0.546. The second kappa shape index (κ2) is 12.4. The number of pyridine rings is 2. The molecule has 8 aromatic rings. The van der Waals surface area contributed by atoms with E-state index in [1.54, 1.807) is 6.21 Å². The number of rotatable bonds is 6. The number of aromatic nitrogens is 3. The van der Waals surface area contributed by atoms with Gasteiger partial charge in [0.1, 0.15) is 5.82 Å². The Morgan fingerprint density at radius 1 is 0.596 bits per heavy atom. The number of benzene rings is 5. The smallest absolute Gasteiger partial charge is 0.225 e. The molecule has 2 aliphatic rings. The van der Waals surface area contributed by atoms with Crippen LogP contribution in [-0.4, -0.2) is 38.2 Å². The molecule has 0 saturated heterocycles. The summed E-state index contributed by atoms with van der Waals surface area (Å²) in [7, 11) is 0. The molecule has 52 heavy (non-hydrogen) atoms. The van der Waals surface area contributed by atoms with Crippen LogP contribution < -0.4 is 0 Å². The summed E-state index contributed by atoms with van der Waals surface area (Å²) >= 11 is 0. The highest BCUT2D eigenvalue weighted by molar-refractivity contribution is 6.11. The molecule has 0 spiro atoms. The van der Waals surface area contributed by atoms with Crippen molar-refractivity contribution in [1.29, 1.82) is 0 Å². The molecule has 6 nitrogen and oxygen atoms in total. The van der Waals surface area contributed by atoms with Gasteiger partial charge in [0.25, 0.3) is 0 Å². The molecule has 6 heteroatoms. The van der Waals surface area contributed by atoms with Gasteiger partial charge < -0.3 is 4.90 Å². The summed E-state index contributed by atoms with van der Waals surface area (Å²) in [6.07, 6.45) is 9.42. The van der Waals surface area contributed by atoms with Crippen molar-refractivity contribution >= 4 is 33.8 Å². The van der Waals surface area contributed by atoms with Crippen molar-refractivity contribution < 1.29 is 0 Å². The molecule has 2 aliphatic heterocycles. The van der Waals surface area contributed by atoms with Crippen LogP contribution in [0.5, 0.6) is 0 Å². The second-order valence-electron chi connectivity index (χ2n) is 13.2. The molecule has 10 rings (SSSR count). The Labute approximate surface area is 301 Å². The minimum absolute atomic E-state index is 0.0768. The van der Waals surface area contributed by atoms with Gasteiger partial charge in [0.15, 0.2) is 0 Å². The topological polar surface area (TPSA) is 58.7 Å². The number of fused-ring (bicyclic) bond motifs is 3.